The Morgan fingerprint density at radius 1 is 1.26 bits per heavy atom. The number of carbonyl (C=O) groups excluding carboxylic acids is 2. The number of nitrogens with zero attached hydrogens (tertiary/aromatic N) is 3. The van der Waals surface area contributed by atoms with Crippen molar-refractivity contribution in [3.63, 3.8) is 0 Å². The maximum atomic E-state index is 13.7. The zero-order valence-corrected chi connectivity index (χ0v) is 12.9. The molecule has 1 fully saturated rings. The van der Waals surface area contributed by atoms with Crippen LogP contribution in [0.3, 0.4) is 0 Å². The van der Waals surface area contributed by atoms with E-state index in [1.165, 1.54) is 23.4 Å². The summed E-state index contributed by atoms with van der Waals surface area (Å²) in [7, 11) is 0. The minimum Gasteiger partial charge on any atom is -0.309 e. The lowest BCUT2D eigenvalue weighted by Crippen LogP contribution is -2.45. The Balaban J connectivity index is 1.83. The number of hydrogen-bond donors (Lipinski definition) is 1. The molecule has 0 radical (unpaired) electrons. The molecule has 1 aliphatic rings. The van der Waals surface area contributed by atoms with Crippen LogP contribution in [0.5, 0.6) is 0 Å². The van der Waals surface area contributed by atoms with Crippen molar-refractivity contribution in [2.24, 2.45) is 0 Å². The number of H-pyrrole nitrogens is 1. The normalized spacial score (nSPS) is 17.2. The largest absolute Gasteiger partial charge is 0.332 e. The summed E-state index contributed by atoms with van der Waals surface area (Å²) in [6.07, 6.45) is 3.26. The fraction of sp³-hybridized carbons (Fsp3) is 0.312. The molecule has 7 heteroatoms. The molecule has 23 heavy (non-hydrogen) atoms. The van der Waals surface area contributed by atoms with Crippen LogP contribution in [-0.4, -0.2) is 39.1 Å². The summed E-state index contributed by atoms with van der Waals surface area (Å²) in [4.78, 5) is 27.8. The first kappa shape index (κ1) is 15.2. The standard InChI is InChI=1S/C16H17FN4O2/c1-16(2)14(22)21(12-9-18-19-10-12)15(23)20(16)8-7-11-5-3-4-6-13(11)17/h3-6,9-10H,7-8H2,1-2H3,(H,18,19). The van der Waals surface area contributed by atoms with Gasteiger partial charge in [0, 0.05) is 12.7 Å². The number of amides is 3. The van der Waals surface area contributed by atoms with Crippen LogP contribution >= 0.6 is 0 Å². The number of aromatic nitrogens is 2. The number of benzene rings is 1. The van der Waals surface area contributed by atoms with Gasteiger partial charge in [0.15, 0.2) is 0 Å². The summed E-state index contributed by atoms with van der Waals surface area (Å²) in [5.41, 5.74) is -0.0636. The average molecular weight is 316 g/mol. The lowest BCUT2D eigenvalue weighted by molar-refractivity contribution is -0.123. The molecule has 0 aliphatic carbocycles. The second-order valence-corrected chi connectivity index (χ2v) is 5.93. The van der Waals surface area contributed by atoms with E-state index in [4.69, 9.17) is 0 Å². The number of hydrogen-bond acceptors (Lipinski definition) is 3. The number of nitrogens with one attached hydrogen (secondary N) is 1. The Bertz CT molecular complexity index is 742. The molecule has 1 saturated heterocycles. The predicted octanol–water partition coefficient (Wildman–Crippen LogP) is 2.34. The third-order valence-corrected chi connectivity index (χ3v) is 4.13. The second kappa shape index (κ2) is 5.49. The smallest absolute Gasteiger partial charge is 0.309 e. The third-order valence-electron chi connectivity index (χ3n) is 4.13. The van der Waals surface area contributed by atoms with Crippen LogP contribution in [0.15, 0.2) is 36.7 Å². The Morgan fingerprint density at radius 2 is 2.00 bits per heavy atom. The van der Waals surface area contributed by atoms with Crippen molar-refractivity contribution in [1.29, 1.82) is 0 Å². The van der Waals surface area contributed by atoms with Gasteiger partial charge in [-0.05, 0) is 31.9 Å². The van der Waals surface area contributed by atoms with Crippen molar-refractivity contribution in [1.82, 2.24) is 15.1 Å². The summed E-state index contributed by atoms with van der Waals surface area (Å²) in [6.45, 7) is 3.64. The number of aromatic amines is 1. The van der Waals surface area contributed by atoms with Crippen molar-refractivity contribution in [3.05, 3.63) is 48.0 Å². The highest BCUT2D eigenvalue weighted by Gasteiger charge is 2.51. The third kappa shape index (κ3) is 2.48. The van der Waals surface area contributed by atoms with Gasteiger partial charge in [0.2, 0.25) is 0 Å². The van der Waals surface area contributed by atoms with Gasteiger partial charge in [-0.2, -0.15) is 5.10 Å². The predicted molar refractivity (Wildman–Crippen MR) is 82.4 cm³/mol. The van der Waals surface area contributed by atoms with Gasteiger partial charge in [-0.1, -0.05) is 18.2 Å². The molecular weight excluding hydrogens is 299 g/mol. The van der Waals surface area contributed by atoms with Crippen LogP contribution in [0.2, 0.25) is 0 Å². The Morgan fingerprint density at radius 3 is 2.65 bits per heavy atom. The van der Waals surface area contributed by atoms with Gasteiger partial charge < -0.3 is 4.90 Å². The zero-order valence-electron chi connectivity index (χ0n) is 12.9. The minimum atomic E-state index is -0.986. The van der Waals surface area contributed by atoms with Crippen LogP contribution in [0.25, 0.3) is 0 Å². The molecule has 1 aromatic heterocycles. The van der Waals surface area contributed by atoms with E-state index in [9.17, 15) is 14.0 Å². The van der Waals surface area contributed by atoms with Crippen LogP contribution < -0.4 is 4.90 Å². The second-order valence-electron chi connectivity index (χ2n) is 5.93. The van der Waals surface area contributed by atoms with Gasteiger partial charge >= 0.3 is 6.03 Å². The van der Waals surface area contributed by atoms with Gasteiger partial charge in [-0.25, -0.2) is 14.1 Å². The molecule has 2 heterocycles. The molecule has 1 aliphatic heterocycles. The fourth-order valence-corrected chi connectivity index (χ4v) is 2.74. The molecule has 3 amide bonds. The molecule has 0 unspecified atom stereocenters. The topological polar surface area (TPSA) is 69.3 Å². The van der Waals surface area contributed by atoms with Crippen molar-refractivity contribution in [2.45, 2.75) is 25.8 Å². The Kier molecular flexibility index (Phi) is 3.63. The van der Waals surface area contributed by atoms with E-state index >= 15 is 0 Å². The molecule has 1 N–H and O–H groups in total. The summed E-state index contributed by atoms with van der Waals surface area (Å²) in [5, 5.41) is 6.37. The number of halogens is 1. The van der Waals surface area contributed by atoms with E-state index < -0.39 is 11.6 Å². The highest BCUT2D eigenvalue weighted by Crippen LogP contribution is 2.31. The Hall–Kier alpha value is -2.70. The minimum absolute atomic E-state index is 0.257. The molecule has 0 spiro atoms. The van der Waals surface area contributed by atoms with E-state index in [0.717, 1.165) is 4.90 Å². The maximum Gasteiger partial charge on any atom is 0.332 e. The van der Waals surface area contributed by atoms with Crippen LogP contribution in [0.4, 0.5) is 14.9 Å². The van der Waals surface area contributed by atoms with Crippen molar-refractivity contribution < 1.29 is 14.0 Å². The number of imide groups is 1. The van der Waals surface area contributed by atoms with E-state index in [0.29, 0.717) is 17.7 Å². The number of urea groups is 1. The van der Waals surface area contributed by atoms with Gasteiger partial charge in [-0.3, -0.25) is 9.89 Å². The average Bonchev–Trinajstić information content (AvgIpc) is 3.07. The zero-order chi connectivity index (χ0) is 16.6. The lowest BCUT2D eigenvalue weighted by atomic mass is 10.0. The molecule has 3 rings (SSSR count). The van der Waals surface area contributed by atoms with Gasteiger partial charge in [-0.15, -0.1) is 0 Å². The van der Waals surface area contributed by atoms with E-state index in [1.807, 2.05) is 0 Å². The first-order valence-corrected chi connectivity index (χ1v) is 7.31. The summed E-state index contributed by atoms with van der Waals surface area (Å²) in [6, 6.07) is 6.01. The number of carbonyl (C=O) groups is 2. The number of rotatable bonds is 4. The van der Waals surface area contributed by atoms with Gasteiger partial charge in [0.1, 0.15) is 11.4 Å². The SMILES string of the molecule is CC1(C)C(=O)N(c2cn[nH]c2)C(=O)N1CCc1ccccc1F. The van der Waals surface area contributed by atoms with E-state index in [1.54, 1.807) is 32.0 Å². The van der Waals surface area contributed by atoms with Crippen molar-refractivity contribution >= 4 is 17.6 Å². The van der Waals surface area contributed by atoms with Crippen LogP contribution in [-0.2, 0) is 11.2 Å². The lowest BCUT2D eigenvalue weighted by Gasteiger charge is -2.27. The van der Waals surface area contributed by atoms with Crippen LogP contribution in [0.1, 0.15) is 19.4 Å². The molecule has 0 saturated carbocycles. The molecule has 2 aromatic rings. The highest BCUT2D eigenvalue weighted by molar-refractivity contribution is 6.22. The molecule has 1 aromatic carbocycles. The molecule has 120 valence electrons. The van der Waals surface area contributed by atoms with Crippen molar-refractivity contribution in [2.75, 3.05) is 11.4 Å². The van der Waals surface area contributed by atoms with E-state index in [2.05, 4.69) is 10.2 Å². The highest BCUT2D eigenvalue weighted by atomic mass is 19.1. The fourth-order valence-electron chi connectivity index (χ4n) is 2.74. The van der Waals surface area contributed by atoms with Crippen LogP contribution in [0, 0.1) is 5.82 Å². The first-order chi connectivity index (χ1) is 10.9. The van der Waals surface area contributed by atoms with Gasteiger partial charge in [0.25, 0.3) is 5.91 Å². The first-order valence-electron chi connectivity index (χ1n) is 7.31. The summed E-state index contributed by atoms with van der Waals surface area (Å²) in [5.74, 6) is -0.632. The van der Waals surface area contributed by atoms with Gasteiger partial charge in [0.05, 0.1) is 11.9 Å². The monoisotopic (exact) mass is 316 g/mol. The quantitative estimate of drug-likeness (QED) is 0.880. The summed E-state index contributed by atoms with van der Waals surface area (Å²) < 4.78 is 13.7. The van der Waals surface area contributed by atoms with E-state index in [-0.39, 0.29) is 18.3 Å². The maximum absolute atomic E-state index is 13.7. The Labute approximate surface area is 132 Å². The molecule has 0 bridgehead atoms. The molecule has 0 atom stereocenters. The summed E-state index contributed by atoms with van der Waals surface area (Å²) >= 11 is 0. The van der Waals surface area contributed by atoms with Crippen molar-refractivity contribution in [3.8, 4) is 0 Å². The number of anilines is 1. The molecule has 6 nitrogen and oxygen atoms in total. The molecular formula is C16H17FN4O2.